The van der Waals surface area contributed by atoms with Crippen LogP contribution in [0.5, 0.6) is 0 Å². The molecule has 0 radical (unpaired) electrons. The van der Waals surface area contributed by atoms with E-state index in [1.54, 1.807) is 0 Å². The van der Waals surface area contributed by atoms with Crippen LogP contribution in [0.15, 0.2) is 22.5 Å². The molecule has 44 heavy (non-hydrogen) atoms. The van der Waals surface area contributed by atoms with E-state index in [0.717, 1.165) is 25.7 Å². The Hall–Kier alpha value is -1.63. The van der Waals surface area contributed by atoms with E-state index in [-0.39, 0.29) is 12.2 Å². The second-order valence-corrected chi connectivity index (χ2v) is 27.8. The van der Waals surface area contributed by atoms with Gasteiger partial charge in [-0.15, -0.1) is 0 Å². The zero-order valence-electron chi connectivity index (χ0n) is 29.3. The van der Waals surface area contributed by atoms with E-state index in [1.165, 1.54) is 10.4 Å². The van der Waals surface area contributed by atoms with Crippen LogP contribution in [0.2, 0.25) is 33.2 Å². The van der Waals surface area contributed by atoms with Gasteiger partial charge in [-0.25, -0.2) is 9.59 Å². The Balaban J connectivity index is 0.000000175. The molecule has 6 rings (SSSR count). The molecule has 4 fully saturated rings. The molecule has 0 saturated carbocycles. The molecule has 2 aliphatic carbocycles. The quantitative estimate of drug-likeness (QED) is 0.258. The monoisotopic (exact) mass is 646 g/mol. The number of carbonyl (C=O) groups excluding carboxylic acids is 2. The van der Waals surface area contributed by atoms with Crippen molar-refractivity contribution < 1.29 is 28.5 Å². The van der Waals surface area contributed by atoms with E-state index < -0.39 is 38.8 Å². The van der Waals surface area contributed by atoms with Gasteiger partial charge in [0.25, 0.3) is 0 Å². The Morgan fingerprint density at radius 1 is 0.568 bits per heavy atom. The molecular weight excluding hydrogens is 589 g/mol. The first-order valence-electron chi connectivity index (χ1n) is 17.2. The molecule has 8 nitrogen and oxygen atoms in total. The van der Waals surface area contributed by atoms with Gasteiger partial charge < -0.3 is 18.9 Å². The molecule has 0 aromatic heterocycles. The molecule has 10 heteroatoms. The maximum Gasteiger partial charge on any atom is 0.410 e. The number of carbonyl (C=O) groups is 2. The summed E-state index contributed by atoms with van der Waals surface area (Å²) in [5.74, 6) is 0. The van der Waals surface area contributed by atoms with Crippen molar-refractivity contribution in [3.63, 3.8) is 0 Å². The summed E-state index contributed by atoms with van der Waals surface area (Å²) in [6, 6.07) is 0. The highest BCUT2D eigenvalue weighted by atomic mass is 28.3. The van der Waals surface area contributed by atoms with Crippen LogP contribution in [-0.2, 0) is 18.9 Å². The van der Waals surface area contributed by atoms with Gasteiger partial charge in [0.05, 0.1) is 29.4 Å². The minimum absolute atomic E-state index is 0.315. The minimum Gasteiger partial charge on any atom is -0.437 e. The van der Waals surface area contributed by atoms with E-state index in [9.17, 15) is 9.59 Å². The van der Waals surface area contributed by atoms with Crippen LogP contribution in [0.25, 0.3) is 0 Å². The van der Waals surface area contributed by atoms with Crippen molar-refractivity contribution in [2.75, 3.05) is 13.2 Å². The molecule has 248 valence electrons. The summed E-state index contributed by atoms with van der Waals surface area (Å²) in [5.41, 5.74) is 1.18. The van der Waals surface area contributed by atoms with Crippen LogP contribution in [0.4, 0.5) is 9.59 Å². The highest BCUT2D eigenvalue weighted by molar-refractivity contribution is 6.91. The Kier molecular flexibility index (Phi) is 8.42. The van der Waals surface area contributed by atoms with E-state index in [4.69, 9.17) is 18.9 Å². The normalized spacial score (nSPS) is 34.0. The van der Waals surface area contributed by atoms with Crippen LogP contribution in [0.1, 0.15) is 109 Å². The van der Waals surface area contributed by atoms with Crippen molar-refractivity contribution in [2.45, 2.75) is 165 Å². The van der Waals surface area contributed by atoms with E-state index in [0.29, 0.717) is 46.5 Å². The summed E-state index contributed by atoms with van der Waals surface area (Å²) in [4.78, 5) is 24.0. The molecule has 4 heterocycles. The summed E-state index contributed by atoms with van der Waals surface area (Å²) in [5, 5.41) is 8.93. The second-order valence-electron chi connectivity index (χ2n) is 16.0. The molecule has 4 atom stereocenters. The molecule has 0 bridgehead atoms. The standard InChI is InChI=1S/2C17H29NO3Si/c2*1-11(2)22(12(3)4,13(5)6)14-7-8-16-9-10-20-17(14,16)18-15(19)21-16/h2*7,11-13H,8-10H2,1-6H3,(H,18,19)/t2*16-,17+/m10/s1. The van der Waals surface area contributed by atoms with Crippen molar-refractivity contribution in [3.05, 3.63) is 22.5 Å². The summed E-state index contributed by atoms with van der Waals surface area (Å²) in [7, 11) is -3.74. The SMILES string of the molecule is CC(C)[Si](C1=CC[C@@]23CCO[C@@]12NC(=O)O3)(C(C)C)C(C)C.CC(C)[Si](C1=CC[C@]23CCO[C@]12NC(=O)O3)(C(C)C)C(C)C. The summed E-state index contributed by atoms with van der Waals surface area (Å²) < 4.78 is 24.0. The Morgan fingerprint density at radius 3 is 1.14 bits per heavy atom. The largest absolute Gasteiger partial charge is 0.437 e. The van der Waals surface area contributed by atoms with E-state index in [2.05, 4.69) is 106 Å². The van der Waals surface area contributed by atoms with Crippen molar-refractivity contribution in [1.82, 2.24) is 10.6 Å². The number of ether oxygens (including phenoxy) is 4. The topological polar surface area (TPSA) is 95.1 Å². The fourth-order valence-electron chi connectivity index (χ4n) is 11.6. The van der Waals surface area contributed by atoms with Crippen LogP contribution in [0.3, 0.4) is 0 Å². The highest BCUT2D eigenvalue weighted by Crippen LogP contribution is 2.62. The average Bonchev–Trinajstić information content (AvgIpc) is 3.64. The maximum absolute atomic E-state index is 12.0. The van der Waals surface area contributed by atoms with Gasteiger partial charge in [-0.2, -0.15) is 0 Å². The molecule has 6 aliphatic rings. The van der Waals surface area contributed by atoms with Gasteiger partial charge in [-0.1, -0.05) is 95.2 Å². The smallest absolute Gasteiger partial charge is 0.410 e. The molecule has 2 N–H and O–H groups in total. The number of amides is 2. The zero-order valence-corrected chi connectivity index (χ0v) is 31.3. The van der Waals surface area contributed by atoms with Gasteiger partial charge in [0.1, 0.15) is 0 Å². The summed E-state index contributed by atoms with van der Waals surface area (Å²) >= 11 is 0. The first kappa shape index (κ1) is 33.7. The maximum atomic E-state index is 12.0. The molecule has 0 aromatic rings. The van der Waals surface area contributed by atoms with Crippen LogP contribution >= 0.6 is 0 Å². The fraction of sp³-hybridized carbons (Fsp3) is 0.824. The van der Waals surface area contributed by atoms with Crippen molar-refractivity contribution in [1.29, 1.82) is 0 Å². The predicted octanol–water partition coefficient (Wildman–Crippen LogP) is 8.26. The number of hydrogen-bond acceptors (Lipinski definition) is 6. The lowest BCUT2D eigenvalue weighted by Gasteiger charge is -2.49. The van der Waals surface area contributed by atoms with Gasteiger partial charge in [0, 0.05) is 25.7 Å². The van der Waals surface area contributed by atoms with Crippen molar-refractivity contribution >= 4 is 28.3 Å². The molecule has 4 aliphatic heterocycles. The first-order chi connectivity index (χ1) is 20.5. The van der Waals surface area contributed by atoms with Gasteiger partial charge in [-0.05, 0) is 43.6 Å². The average molecular weight is 647 g/mol. The first-order valence-corrected chi connectivity index (χ1v) is 21.6. The molecular formula is C34H58N2O6Si2. The lowest BCUT2D eigenvalue weighted by molar-refractivity contribution is -0.0449. The third kappa shape index (κ3) is 4.05. The van der Waals surface area contributed by atoms with Crippen molar-refractivity contribution in [3.8, 4) is 0 Å². The second kappa shape index (κ2) is 11.0. The number of nitrogens with one attached hydrogen (secondary N) is 2. The van der Waals surface area contributed by atoms with Crippen LogP contribution in [0, 0.1) is 0 Å². The number of hydrogen-bond donors (Lipinski definition) is 2. The Bertz CT molecular complexity index is 1110. The summed E-state index contributed by atoms with van der Waals surface area (Å²) in [6.07, 6.45) is 7.25. The highest BCUT2D eigenvalue weighted by Gasteiger charge is 2.74. The number of rotatable bonds is 8. The van der Waals surface area contributed by atoms with Gasteiger partial charge in [0.2, 0.25) is 11.4 Å². The zero-order chi connectivity index (χ0) is 32.7. The number of alkyl carbamates (subject to hydrolysis) is 2. The van der Waals surface area contributed by atoms with Gasteiger partial charge >= 0.3 is 12.2 Å². The molecule has 4 saturated heterocycles. The van der Waals surface area contributed by atoms with E-state index in [1.807, 2.05) is 0 Å². The Morgan fingerprint density at radius 2 is 0.864 bits per heavy atom. The van der Waals surface area contributed by atoms with Crippen molar-refractivity contribution in [2.24, 2.45) is 0 Å². The third-order valence-corrected chi connectivity index (χ3v) is 27.2. The minimum atomic E-state index is -1.87. The van der Waals surface area contributed by atoms with Gasteiger partial charge in [-0.3, -0.25) is 10.6 Å². The molecule has 0 spiro atoms. The molecule has 0 unspecified atom stereocenters. The third-order valence-electron chi connectivity index (χ3n) is 12.8. The van der Waals surface area contributed by atoms with Gasteiger partial charge in [0.15, 0.2) is 11.2 Å². The van der Waals surface area contributed by atoms with Crippen LogP contribution < -0.4 is 10.6 Å². The summed E-state index contributed by atoms with van der Waals surface area (Å²) in [6.45, 7) is 29.4. The van der Waals surface area contributed by atoms with E-state index >= 15 is 0 Å². The molecule has 0 aromatic carbocycles. The lowest BCUT2D eigenvalue weighted by atomic mass is 9.93. The predicted molar refractivity (Wildman–Crippen MR) is 179 cm³/mol. The van der Waals surface area contributed by atoms with Crippen LogP contribution in [-0.4, -0.2) is 64.2 Å². The lowest BCUT2D eigenvalue weighted by Crippen LogP contribution is -2.62. The fourth-order valence-corrected chi connectivity index (χ4v) is 26.2. The Labute approximate surface area is 267 Å². The molecule has 2 amide bonds.